The van der Waals surface area contributed by atoms with E-state index in [-0.39, 0.29) is 19.4 Å². The number of carbonyl (C=O) groups is 3. The van der Waals surface area contributed by atoms with Crippen LogP contribution in [0.5, 0.6) is 5.75 Å². The van der Waals surface area contributed by atoms with Crippen LogP contribution in [-0.2, 0) is 24.4 Å². The van der Waals surface area contributed by atoms with Gasteiger partial charge in [-0.2, -0.15) is 0 Å². The van der Waals surface area contributed by atoms with Gasteiger partial charge in [-0.15, -0.1) is 17.9 Å². The molecule has 42 heavy (non-hydrogen) atoms. The summed E-state index contributed by atoms with van der Waals surface area (Å²) in [6, 6.07) is 7.75. The van der Waals surface area contributed by atoms with E-state index in [1.54, 1.807) is 18.4 Å². The van der Waals surface area contributed by atoms with Crippen LogP contribution in [0.4, 0.5) is 4.79 Å². The SMILES string of the molecule is C=C[C@@H]1CC1(NC(=O)[C@@H]1CC(O/N=C/c2cc(OC)ccc2-c2cccs2)CN1C(=O)NN)C(=O)NS(=O)(=O)C1CC1. The number of nitrogens with one attached hydrogen (secondary N) is 3. The average Bonchev–Trinajstić information content (AvgIpc) is 3.85. The van der Waals surface area contributed by atoms with Gasteiger partial charge in [0.25, 0.3) is 5.91 Å². The first-order chi connectivity index (χ1) is 20.1. The summed E-state index contributed by atoms with van der Waals surface area (Å²) >= 11 is 1.57. The molecule has 1 saturated heterocycles. The van der Waals surface area contributed by atoms with Crippen LogP contribution in [0.2, 0.25) is 0 Å². The Balaban J connectivity index is 1.29. The standard InChI is InChI=1S/C27H32N6O7S2/c1-3-17-13-27(17,25(35)32-42(37,38)20-7-8-20)30-24(34)22-12-19(15-33(22)26(36)31-28)40-29-14-16-11-18(39-2)6-9-21(16)23-5-4-10-41-23/h3-6,9-11,14,17,19-20,22H,1,7-8,12-13,15,28H2,2H3,(H,30,34)(H,31,36)(H,32,35)/b29-14+/t17-,19?,22+,27?/m1/s1. The predicted octanol–water partition coefficient (Wildman–Crippen LogP) is 1.47. The lowest BCUT2D eigenvalue weighted by molar-refractivity contribution is -0.131. The zero-order chi connectivity index (χ0) is 30.1. The van der Waals surface area contributed by atoms with Crippen LogP contribution in [0.25, 0.3) is 10.4 Å². The second-order valence-corrected chi connectivity index (χ2v) is 13.3. The number of likely N-dealkylation sites (tertiary alicyclic amines) is 1. The summed E-state index contributed by atoms with van der Waals surface area (Å²) in [7, 11) is -2.26. The summed E-state index contributed by atoms with van der Waals surface area (Å²) in [5, 5.41) is 8.19. The molecule has 2 aliphatic carbocycles. The molecule has 5 N–H and O–H groups in total. The number of urea groups is 1. The number of sulfonamides is 1. The smallest absolute Gasteiger partial charge is 0.332 e. The molecule has 224 valence electrons. The van der Waals surface area contributed by atoms with Crippen LogP contribution in [-0.4, -0.2) is 74.0 Å². The van der Waals surface area contributed by atoms with Crippen molar-refractivity contribution in [3.63, 3.8) is 0 Å². The van der Waals surface area contributed by atoms with E-state index in [0.29, 0.717) is 18.6 Å². The number of rotatable bonds is 11. The van der Waals surface area contributed by atoms with Crippen molar-refractivity contribution in [2.45, 2.75) is 48.6 Å². The molecular weight excluding hydrogens is 584 g/mol. The van der Waals surface area contributed by atoms with Crippen LogP contribution >= 0.6 is 11.3 Å². The highest BCUT2D eigenvalue weighted by atomic mass is 32.2. The molecule has 5 rings (SSSR count). The van der Waals surface area contributed by atoms with Crippen LogP contribution in [0.15, 0.2) is 53.5 Å². The topological polar surface area (TPSA) is 182 Å². The van der Waals surface area contributed by atoms with E-state index in [2.05, 4.69) is 21.8 Å². The monoisotopic (exact) mass is 616 g/mol. The second-order valence-electron chi connectivity index (χ2n) is 10.4. The molecule has 2 aromatic rings. The minimum atomic E-state index is -3.83. The van der Waals surface area contributed by atoms with Gasteiger partial charge in [-0.3, -0.25) is 19.7 Å². The highest BCUT2D eigenvalue weighted by molar-refractivity contribution is 7.91. The van der Waals surface area contributed by atoms with Crippen molar-refractivity contribution in [1.82, 2.24) is 20.4 Å². The van der Waals surface area contributed by atoms with Crippen molar-refractivity contribution < 1.29 is 32.4 Å². The Kier molecular flexibility index (Phi) is 8.25. The quantitative estimate of drug-likeness (QED) is 0.0963. The fourth-order valence-electron chi connectivity index (χ4n) is 5.05. The summed E-state index contributed by atoms with van der Waals surface area (Å²) in [6.45, 7) is 3.69. The van der Waals surface area contributed by atoms with E-state index in [1.165, 1.54) is 17.2 Å². The number of benzene rings is 1. The molecule has 0 spiro atoms. The second kappa shape index (κ2) is 11.7. The molecular formula is C27H32N6O7S2. The molecule has 1 aromatic heterocycles. The van der Waals surface area contributed by atoms with Crippen molar-refractivity contribution in [3.05, 3.63) is 53.9 Å². The molecule has 4 atom stereocenters. The number of hydrogen-bond donors (Lipinski definition) is 4. The van der Waals surface area contributed by atoms with Gasteiger partial charge in [0, 0.05) is 28.3 Å². The Morgan fingerprint density at radius 1 is 1.26 bits per heavy atom. The van der Waals surface area contributed by atoms with Crippen LogP contribution in [0.1, 0.15) is 31.2 Å². The summed E-state index contributed by atoms with van der Waals surface area (Å²) in [5.41, 5.74) is 2.23. The van der Waals surface area contributed by atoms with Crippen molar-refractivity contribution in [3.8, 4) is 16.2 Å². The third kappa shape index (κ3) is 5.98. The van der Waals surface area contributed by atoms with E-state index in [4.69, 9.17) is 15.4 Å². The number of nitrogens with two attached hydrogens (primary N) is 1. The molecule has 2 heterocycles. The first-order valence-corrected chi connectivity index (χ1v) is 15.7. The lowest BCUT2D eigenvalue weighted by Crippen LogP contribution is -2.57. The van der Waals surface area contributed by atoms with Crippen LogP contribution in [0.3, 0.4) is 0 Å². The van der Waals surface area contributed by atoms with E-state index < -0.39 is 56.7 Å². The Bertz CT molecular complexity index is 1510. The highest BCUT2D eigenvalue weighted by Gasteiger charge is 2.61. The van der Waals surface area contributed by atoms with Gasteiger partial charge in [-0.05, 0) is 48.9 Å². The van der Waals surface area contributed by atoms with Gasteiger partial charge in [0.05, 0.1) is 25.1 Å². The van der Waals surface area contributed by atoms with Crippen molar-refractivity contribution in [1.29, 1.82) is 0 Å². The van der Waals surface area contributed by atoms with Crippen LogP contribution in [0, 0.1) is 5.92 Å². The van der Waals surface area contributed by atoms with Crippen molar-refractivity contribution in [2.24, 2.45) is 16.9 Å². The third-order valence-corrected chi connectivity index (χ3v) is 10.4. The minimum Gasteiger partial charge on any atom is -0.497 e. The Hall–Kier alpha value is -3.95. The maximum atomic E-state index is 13.5. The normalized spacial score (nSPS) is 25.1. The molecule has 13 nitrogen and oxygen atoms in total. The van der Waals surface area contributed by atoms with E-state index in [1.807, 2.05) is 41.1 Å². The van der Waals surface area contributed by atoms with E-state index in [0.717, 1.165) is 16.0 Å². The number of amides is 4. The molecule has 1 aromatic carbocycles. The maximum absolute atomic E-state index is 13.5. The van der Waals surface area contributed by atoms with Gasteiger partial charge in [-0.25, -0.2) is 19.1 Å². The number of oxime groups is 1. The number of thiophene rings is 1. The van der Waals surface area contributed by atoms with Gasteiger partial charge in [0.15, 0.2) is 0 Å². The molecule has 2 unspecified atom stereocenters. The molecule has 3 aliphatic rings. The Morgan fingerprint density at radius 2 is 2.05 bits per heavy atom. The molecule has 0 radical (unpaired) electrons. The van der Waals surface area contributed by atoms with Crippen LogP contribution < -0.4 is 26.0 Å². The molecule has 4 amide bonds. The van der Waals surface area contributed by atoms with E-state index >= 15 is 0 Å². The highest BCUT2D eigenvalue weighted by Crippen LogP contribution is 2.45. The number of hydrazine groups is 1. The lowest BCUT2D eigenvalue weighted by atomic mass is 10.1. The minimum absolute atomic E-state index is 0.00546. The number of carbonyl (C=O) groups excluding carboxylic acids is 3. The van der Waals surface area contributed by atoms with Gasteiger partial charge < -0.3 is 19.8 Å². The zero-order valence-corrected chi connectivity index (χ0v) is 24.4. The Labute approximate surface area is 247 Å². The molecule has 2 saturated carbocycles. The summed E-state index contributed by atoms with van der Waals surface area (Å²) in [4.78, 5) is 47.0. The fraction of sp³-hybridized carbons (Fsp3) is 0.407. The zero-order valence-electron chi connectivity index (χ0n) is 22.8. The van der Waals surface area contributed by atoms with Crippen molar-refractivity contribution >= 4 is 45.4 Å². The van der Waals surface area contributed by atoms with Gasteiger partial charge >= 0.3 is 6.03 Å². The Morgan fingerprint density at radius 3 is 2.67 bits per heavy atom. The molecule has 3 fully saturated rings. The van der Waals surface area contributed by atoms with Crippen molar-refractivity contribution in [2.75, 3.05) is 13.7 Å². The summed E-state index contributed by atoms with van der Waals surface area (Å²) < 4.78 is 32.2. The lowest BCUT2D eigenvalue weighted by Gasteiger charge is -2.25. The number of nitrogens with zero attached hydrogens (tertiary/aromatic N) is 2. The molecule has 15 heteroatoms. The van der Waals surface area contributed by atoms with Gasteiger partial charge in [-0.1, -0.05) is 17.3 Å². The average molecular weight is 617 g/mol. The van der Waals surface area contributed by atoms with Gasteiger partial charge in [0.1, 0.15) is 23.4 Å². The first kappa shape index (κ1) is 29.5. The van der Waals surface area contributed by atoms with E-state index in [9.17, 15) is 22.8 Å². The number of methoxy groups -OCH3 is 1. The third-order valence-electron chi connectivity index (χ3n) is 7.65. The molecule has 0 bridgehead atoms. The number of ether oxygens (including phenoxy) is 1. The van der Waals surface area contributed by atoms with Gasteiger partial charge in [0.2, 0.25) is 15.9 Å². The maximum Gasteiger partial charge on any atom is 0.332 e. The fourth-order valence-corrected chi connectivity index (χ4v) is 7.19. The largest absolute Gasteiger partial charge is 0.497 e. The predicted molar refractivity (Wildman–Crippen MR) is 156 cm³/mol. The summed E-state index contributed by atoms with van der Waals surface area (Å²) in [6.07, 6.45) is 3.57. The number of hydrogen-bond acceptors (Lipinski definition) is 10. The first-order valence-electron chi connectivity index (χ1n) is 13.3. The summed E-state index contributed by atoms with van der Waals surface area (Å²) in [5.74, 6) is 4.07. The molecule has 1 aliphatic heterocycles.